The molecule has 0 atom stereocenters. The Hall–Kier alpha value is -1.33. The number of carbonyl (C=O) groups excluding carboxylic acids is 2. The van der Waals surface area contributed by atoms with Crippen molar-refractivity contribution in [1.29, 1.82) is 5.39 Å². The van der Waals surface area contributed by atoms with E-state index in [1.165, 1.54) is 24.0 Å². The Morgan fingerprint density at radius 2 is 1.62 bits per heavy atom. The van der Waals surface area contributed by atoms with E-state index >= 15 is 0 Å². The van der Waals surface area contributed by atoms with Gasteiger partial charge in [-0.2, -0.15) is 0 Å². The van der Waals surface area contributed by atoms with Crippen molar-refractivity contribution in [3.63, 3.8) is 0 Å². The first-order chi connectivity index (χ1) is 16.7. The molecule has 0 unspecified atom stereocenters. The first kappa shape index (κ1) is 39.8. The number of carbonyl (C=O) groups is 2. The van der Waals surface area contributed by atoms with Gasteiger partial charge in [-0.25, -0.2) is 16.8 Å². The number of nitrogens with one attached hydrogen (secondary N) is 1. The van der Waals surface area contributed by atoms with Gasteiger partial charge in [-0.3, -0.25) is 9.59 Å². The molecule has 39 heavy (non-hydrogen) atoms. The molecule has 14 nitrogen and oxygen atoms in total. The molecule has 0 spiro atoms. The molecule has 0 saturated carbocycles. The molecule has 3 rings (SSSR count). The van der Waals surface area contributed by atoms with E-state index < -0.39 is 35.7 Å². The second-order valence-corrected chi connectivity index (χ2v) is 10.1. The minimum atomic E-state index is -5.03. The molecule has 1 heterocycles. The van der Waals surface area contributed by atoms with Gasteiger partial charge in [-0.1, -0.05) is 6.07 Å². The van der Waals surface area contributed by atoms with E-state index in [0.29, 0.717) is 11.8 Å². The van der Waals surface area contributed by atoms with Gasteiger partial charge < -0.3 is 41.6 Å². The number of phenols is 1. The second-order valence-electron chi connectivity index (χ2n) is 7.37. The standard InChI is InChI=1S/C10H11N3O7S2.C10H11NO3.ClH.2Na/c11-12-7-5-10(22(17,18)19)8(6-9(7)21(14,15)16)13-1-3-20-4-2-13;1-7(12)5-10(14)11-8-3-2-4-9(13)6-8;;;/h5-6H,1-4H2,(H-,14,15,16,17,18,19);2-4,6,13H,5H2,1H3,(H,11,14);1H;;/q;;;2*+1/p-2. The zero-order valence-electron chi connectivity index (χ0n) is 21.2. The van der Waals surface area contributed by atoms with Crippen molar-refractivity contribution in [1.82, 2.24) is 0 Å². The Labute approximate surface area is 275 Å². The van der Waals surface area contributed by atoms with Crippen molar-refractivity contribution in [3.8, 4) is 5.75 Å². The van der Waals surface area contributed by atoms with Crippen molar-refractivity contribution in [2.45, 2.75) is 23.1 Å². The predicted octanol–water partition coefficient (Wildman–Crippen LogP) is -7.86. The van der Waals surface area contributed by atoms with Crippen LogP contribution >= 0.6 is 0 Å². The summed E-state index contributed by atoms with van der Waals surface area (Å²) < 4.78 is 72.8. The summed E-state index contributed by atoms with van der Waals surface area (Å²) in [6.45, 7) is 2.24. The number of nitrogens with zero attached hydrogens (tertiary/aromatic N) is 3. The summed E-state index contributed by atoms with van der Waals surface area (Å²) in [5.41, 5.74) is -0.558. The van der Waals surface area contributed by atoms with Gasteiger partial charge in [-0.15, -0.1) is 0 Å². The predicted molar refractivity (Wildman–Crippen MR) is 122 cm³/mol. The summed E-state index contributed by atoms with van der Waals surface area (Å²) in [5.74, 6) is -0.489. The molecule has 2 aromatic rings. The SMILES string of the molecule is CC(=O)CC(=O)Nc1cccc(O)c1.N#[N+]c1cc(S(=O)(=O)[O-])c(N2CCOCC2)cc1S(=O)(=O)[O-].[Cl-].[Na+].[Na+]. The number of diazo groups is 1. The molecule has 0 aliphatic carbocycles. The number of ether oxygens (including phenoxy) is 1. The van der Waals surface area contributed by atoms with Crippen LogP contribution in [0.25, 0.3) is 4.98 Å². The van der Waals surface area contributed by atoms with Gasteiger partial charge in [0.15, 0.2) is 9.87 Å². The number of ketones is 1. The molecule has 1 aliphatic heterocycles. The van der Waals surface area contributed by atoms with Crippen molar-refractivity contribution >= 4 is 49.0 Å². The first-order valence-electron chi connectivity index (χ1n) is 10.1. The summed E-state index contributed by atoms with van der Waals surface area (Å²) in [6.07, 6.45) is -0.143. The molecule has 2 aromatic carbocycles. The zero-order valence-corrected chi connectivity index (χ0v) is 27.5. The van der Waals surface area contributed by atoms with Crippen LogP contribution in [-0.2, 0) is 34.6 Å². The van der Waals surface area contributed by atoms with Crippen LogP contribution in [0.2, 0.25) is 0 Å². The molecule has 2 N–H and O–H groups in total. The molecular weight excluding hydrogens is 602 g/mol. The maximum atomic E-state index is 11.4. The van der Waals surface area contributed by atoms with Crippen molar-refractivity contribution in [2.24, 2.45) is 0 Å². The monoisotopic (exact) mass is 622 g/mol. The van der Waals surface area contributed by atoms with E-state index in [1.807, 2.05) is 0 Å². The molecule has 1 aliphatic rings. The van der Waals surface area contributed by atoms with Crippen molar-refractivity contribution in [2.75, 3.05) is 36.5 Å². The quantitative estimate of drug-likeness (QED) is 0.133. The molecule has 0 radical (unpaired) electrons. The van der Waals surface area contributed by atoms with Crippen LogP contribution in [0.1, 0.15) is 13.3 Å². The van der Waals surface area contributed by atoms with Crippen molar-refractivity contribution in [3.05, 3.63) is 41.4 Å². The average Bonchev–Trinajstić information content (AvgIpc) is 2.77. The smallest absolute Gasteiger partial charge is 1.00 e. The van der Waals surface area contributed by atoms with Crippen LogP contribution < -0.4 is 81.7 Å². The van der Waals surface area contributed by atoms with Gasteiger partial charge in [0.2, 0.25) is 11.3 Å². The summed E-state index contributed by atoms with van der Waals surface area (Å²) in [6, 6.07) is 7.46. The zero-order chi connectivity index (χ0) is 27.1. The third kappa shape index (κ3) is 12.8. The number of phenolic OH excluding ortho intramolecular Hbond substituents is 1. The number of hydrogen-bond acceptors (Lipinski definition) is 12. The molecule has 0 bridgehead atoms. The third-order valence-corrected chi connectivity index (χ3v) is 6.31. The van der Waals surface area contributed by atoms with Gasteiger partial charge in [0.1, 0.15) is 31.8 Å². The van der Waals surface area contributed by atoms with Crippen molar-refractivity contribution < 1.29 is 117 Å². The third-order valence-electron chi connectivity index (χ3n) is 4.58. The number of morpholine rings is 1. The Bertz CT molecular complexity index is 1410. The number of anilines is 2. The molecule has 202 valence electrons. The van der Waals surface area contributed by atoms with Gasteiger partial charge in [0.05, 0.1) is 36.3 Å². The Balaban J connectivity index is 0. The largest absolute Gasteiger partial charge is 1.00 e. The number of aromatic hydroxyl groups is 1. The Kier molecular flexibility index (Phi) is 17.8. The summed E-state index contributed by atoms with van der Waals surface area (Å²) in [7, 11) is -10.0. The van der Waals surface area contributed by atoms with E-state index in [9.17, 15) is 35.5 Å². The van der Waals surface area contributed by atoms with Gasteiger partial charge >= 0.3 is 64.8 Å². The normalized spacial score (nSPS) is 12.6. The van der Waals surface area contributed by atoms with Crippen LogP contribution in [-0.4, -0.2) is 69.0 Å². The topological polar surface area (TPSA) is 221 Å². The van der Waals surface area contributed by atoms with E-state index in [1.54, 1.807) is 12.1 Å². The van der Waals surface area contributed by atoms with Crippen LogP contribution in [0.3, 0.4) is 0 Å². The molecular formula is C20H21ClN4Na2O10S2. The summed E-state index contributed by atoms with van der Waals surface area (Å²) in [4.78, 5) is 24.0. The average molecular weight is 623 g/mol. The van der Waals surface area contributed by atoms with Gasteiger partial charge in [-0.05, 0) is 25.1 Å². The Morgan fingerprint density at radius 3 is 2.08 bits per heavy atom. The Morgan fingerprint density at radius 1 is 1.05 bits per heavy atom. The maximum absolute atomic E-state index is 11.4. The van der Waals surface area contributed by atoms with E-state index in [2.05, 4.69) is 10.3 Å². The number of Topliss-reactive ketones (excluding diaryl/α,β-unsaturated/α-hetero) is 1. The number of rotatable bonds is 6. The number of hydrogen-bond donors (Lipinski definition) is 2. The van der Waals surface area contributed by atoms with E-state index in [4.69, 9.17) is 15.2 Å². The fraction of sp³-hybridized carbons (Fsp3) is 0.300. The maximum Gasteiger partial charge on any atom is 1.00 e. The molecule has 1 amide bonds. The fourth-order valence-corrected chi connectivity index (χ4v) is 4.40. The number of amides is 1. The second kappa shape index (κ2) is 17.5. The van der Waals surface area contributed by atoms with Gasteiger partial charge in [0.25, 0.3) is 0 Å². The van der Waals surface area contributed by atoms with Crippen LogP contribution in [0.4, 0.5) is 17.1 Å². The van der Waals surface area contributed by atoms with Crippen LogP contribution in [0, 0.1) is 5.39 Å². The summed E-state index contributed by atoms with van der Waals surface area (Å²) >= 11 is 0. The summed E-state index contributed by atoms with van der Waals surface area (Å²) in [5, 5.41) is 20.3. The molecule has 1 fully saturated rings. The minimum absolute atomic E-state index is 0. The molecule has 0 aromatic heterocycles. The van der Waals surface area contributed by atoms with E-state index in [0.717, 1.165) is 6.07 Å². The first-order valence-corrected chi connectivity index (χ1v) is 12.9. The number of halogens is 1. The van der Waals surface area contributed by atoms with Crippen LogP contribution in [0.5, 0.6) is 5.75 Å². The molecule has 19 heteroatoms. The van der Waals surface area contributed by atoms with Gasteiger partial charge in [0, 0.05) is 24.8 Å². The number of benzene rings is 2. The fourth-order valence-electron chi connectivity index (χ4n) is 3.08. The van der Waals surface area contributed by atoms with E-state index in [-0.39, 0.29) is 127 Å². The minimum Gasteiger partial charge on any atom is -1.00 e. The van der Waals surface area contributed by atoms with Crippen LogP contribution in [0.15, 0.2) is 46.2 Å². The molecule has 1 saturated heterocycles.